The van der Waals surface area contributed by atoms with Crippen LogP contribution in [0.2, 0.25) is 0 Å². The van der Waals surface area contributed by atoms with Crippen molar-refractivity contribution in [3.63, 3.8) is 0 Å². The van der Waals surface area contributed by atoms with Gasteiger partial charge in [-0.25, -0.2) is 4.79 Å². The maximum atomic E-state index is 12.1. The molecule has 5 nitrogen and oxygen atoms in total. The van der Waals surface area contributed by atoms with Gasteiger partial charge in [-0.15, -0.1) is 0 Å². The van der Waals surface area contributed by atoms with E-state index in [0.717, 1.165) is 4.90 Å². The van der Waals surface area contributed by atoms with Gasteiger partial charge in [-0.2, -0.15) is 0 Å². The summed E-state index contributed by atoms with van der Waals surface area (Å²) in [4.78, 5) is 24.2. The molecule has 0 saturated carbocycles. The molecule has 18 heavy (non-hydrogen) atoms. The van der Waals surface area contributed by atoms with E-state index in [1.54, 1.807) is 13.0 Å². The molecule has 1 aromatic carbocycles. The second-order valence-electron chi connectivity index (χ2n) is 3.84. The highest BCUT2D eigenvalue weighted by Crippen LogP contribution is 2.23. The molecule has 1 aromatic rings. The third-order valence-corrected chi connectivity index (χ3v) is 3.14. The minimum absolute atomic E-state index is 0.0755. The third kappa shape index (κ3) is 3.01. The molecular formula is C12H14BrNO4. The second kappa shape index (κ2) is 5.86. The van der Waals surface area contributed by atoms with Crippen molar-refractivity contribution >= 4 is 27.8 Å². The summed E-state index contributed by atoms with van der Waals surface area (Å²) in [6.45, 7) is 1.68. The van der Waals surface area contributed by atoms with E-state index in [2.05, 4.69) is 15.9 Å². The van der Waals surface area contributed by atoms with Gasteiger partial charge in [0.1, 0.15) is 11.8 Å². The number of amides is 1. The first-order chi connectivity index (χ1) is 8.38. The first-order valence-electron chi connectivity index (χ1n) is 5.37. The lowest BCUT2D eigenvalue weighted by Crippen LogP contribution is -2.42. The molecule has 98 valence electrons. The molecule has 0 fully saturated rings. The normalized spacial score (nSPS) is 11.9. The fourth-order valence-electron chi connectivity index (χ4n) is 1.63. The van der Waals surface area contributed by atoms with Crippen LogP contribution < -0.4 is 0 Å². The number of carboxylic acid groups (broad SMARTS) is 1. The number of aromatic hydroxyl groups is 1. The largest absolute Gasteiger partial charge is 0.507 e. The maximum absolute atomic E-state index is 12.1. The Kier molecular flexibility index (Phi) is 4.72. The molecule has 0 aliphatic heterocycles. The summed E-state index contributed by atoms with van der Waals surface area (Å²) in [5.74, 6) is -1.76. The van der Waals surface area contributed by atoms with E-state index in [4.69, 9.17) is 5.11 Å². The fourth-order valence-corrected chi connectivity index (χ4v) is 1.99. The Morgan fingerprint density at radius 2 is 2.06 bits per heavy atom. The minimum Gasteiger partial charge on any atom is -0.507 e. The summed E-state index contributed by atoms with van der Waals surface area (Å²) in [5, 5.41) is 18.6. The molecule has 0 spiro atoms. The highest BCUT2D eigenvalue weighted by molar-refractivity contribution is 9.10. The van der Waals surface area contributed by atoms with Crippen LogP contribution in [0.5, 0.6) is 5.75 Å². The standard InChI is InChI=1S/C12H14BrNO4/c1-3-9(12(17)18)14(2)11(16)8-6-7(13)4-5-10(8)15/h4-6,9,15H,3H2,1-2H3,(H,17,18). The number of phenols is 1. The van der Waals surface area contributed by atoms with Gasteiger partial charge in [-0.05, 0) is 24.6 Å². The average molecular weight is 316 g/mol. The number of hydrogen-bond acceptors (Lipinski definition) is 3. The zero-order valence-electron chi connectivity index (χ0n) is 10.1. The van der Waals surface area contributed by atoms with Gasteiger partial charge in [0, 0.05) is 11.5 Å². The highest BCUT2D eigenvalue weighted by atomic mass is 79.9. The molecule has 0 radical (unpaired) electrons. The SMILES string of the molecule is CCC(C(=O)O)N(C)C(=O)c1cc(Br)ccc1O. The predicted octanol–water partition coefficient (Wildman–Crippen LogP) is 2.09. The number of nitrogens with zero attached hydrogens (tertiary/aromatic N) is 1. The lowest BCUT2D eigenvalue weighted by atomic mass is 10.1. The third-order valence-electron chi connectivity index (χ3n) is 2.65. The number of aliphatic carboxylic acids is 1. The first-order valence-corrected chi connectivity index (χ1v) is 6.16. The molecule has 1 unspecified atom stereocenters. The minimum atomic E-state index is -1.07. The van der Waals surface area contributed by atoms with Crippen LogP contribution in [0.15, 0.2) is 22.7 Å². The maximum Gasteiger partial charge on any atom is 0.326 e. The first kappa shape index (κ1) is 14.5. The van der Waals surface area contributed by atoms with Crippen LogP contribution in [-0.2, 0) is 4.79 Å². The quantitative estimate of drug-likeness (QED) is 0.891. The zero-order chi connectivity index (χ0) is 13.9. The van der Waals surface area contributed by atoms with Crippen LogP contribution in [0.25, 0.3) is 0 Å². The number of carbonyl (C=O) groups excluding carboxylic acids is 1. The van der Waals surface area contributed by atoms with E-state index in [-0.39, 0.29) is 11.3 Å². The van der Waals surface area contributed by atoms with Crippen LogP contribution in [-0.4, -0.2) is 40.1 Å². The van der Waals surface area contributed by atoms with Crippen molar-refractivity contribution < 1.29 is 19.8 Å². The van der Waals surface area contributed by atoms with Crippen molar-refractivity contribution in [3.05, 3.63) is 28.2 Å². The van der Waals surface area contributed by atoms with Gasteiger partial charge >= 0.3 is 5.97 Å². The summed E-state index contributed by atoms with van der Waals surface area (Å²) in [6, 6.07) is 3.53. The zero-order valence-corrected chi connectivity index (χ0v) is 11.6. The van der Waals surface area contributed by atoms with Crippen molar-refractivity contribution in [3.8, 4) is 5.75 Å². The number of phenolic OH excluding ortho intramolecular Hbond substituents is 1. The van der Waals surface area contributed by atoms with Crippen LogP contribution >= 0.6 is 15.9 Å². The molecule has 0 saturated heterocycles. The molecule has 1 rings (SSSR count). The number of likely N-dealkylation sites (N-methyl/N-ethyl adjacent to an activating group) is 1. The topological polar surface area (TPSA) is 77.8 Å². The Balaban J connectivity index is 3.06. The second-order valence-corrected chi connectivity index (χ2v) is 4.76. The van der Waals surface area contributed by atoms with Crippen molar-refractivity contribution in [2.45, 2.75) is 19.4 Å². The molecule has 1 atom stereocenters. The fraction of sp³-hybridized carbons (Fsp3) is 0.333. The Labute approximate surface area is 113 Å². The lowest BCUT2D eigenvalue weighted by Gasteiger charge is -2.24. The van der Waals surface area contributed by atoms with Gasteiger partial charge in [0.25, 0.3) is 5.91 Å². The summed E-state index contributed by atoms with van der Waals surface area (Å²) >= 11 is 3.20. The van der Waals surface area contributed by atoms with Crippen molar-refractivity contribution in [1.29, 1.82) is 0 Å². The molecule has 0 aliphatic carbocycles. The Hall–Kier alpha value is -1.56. The van der Waals surface area contributed by atoms with E-state index in [1.165, 1.54) is 19.2 Å². The molecule has 0 heterocycles. The molecule has 0 aromatic heterocycles. The number of halogens is 1. The van der Waals surface area contributed by atoms with E-state index >= 15 is 0 Å². The van der Waals surface area contributed by atoms with E-state index in [9.17, 15) is 14.7 Å². The van der Waals surface area contributed by atoms with Gasteiger partial charge in [-0.3, -0.25) is 4.79 Å². The van der Waals surface area contributed by atoms with Gasteiger partial charge < -0.3 is 15.1 Å². The molecule has 6 heteroatoms. The van der Waals surface area contributed by atoms with Crippen molar-refractivity contribution in [2.75, 3.05) is 7.05 Å². The van der Waals surface area contributed by atoms with Crippen molar-refractivity contribution in [1.82, 2.24) is 4.90 Å². The Morgan fingerprint density at radius 3 is 2.56 bits per heavy atom. The Morgan fingerprint density at radius 1 is 1.44 bits per heavy atom. The van der Waals surface area contributed by atoms with E-state index in [1.807, 2.05) is 0 Å². The average Bonchev–Trinajstić information content (AvgIpc) is 2.31. The van der Waals surface area contributed by atoms with Crippen molar-refractivity contribution in [2.24, 2.45) is 0 Å². The summed E-state index contributed by atoms with van der Waals surface area (Å²) < 4.78 is 0.639. The van der Waals surface area contributed by atoms with Crippen LogP contribution in [0.4, 0.5) is 0 Å². The van der Waals surface area contributed by atoms with Crippen LogP contribution in [0.1, 0.15) is 23.7 Å². The Bertz CT molecular complexity index is 475. The smallest absolute Gasteiger partial charge is 0.326 e. The molecule has 0 aliphatic rings. The van der Waals surface area contributed by atoms with Crippen LogP contribution in [0.3, 0.4) is 0 Å². The van der Waals surface area contributed by atoms with Gasteiger partial charge in [-0.1, -0.05) is 22.9 Å². The molecular weight excluding hydrogens is 302 g/mol. The summed E-state index contributed by atoms with van der Waals surface area (Å²) in [5.41, 5.74) is 0.0755. The summed E-state index contributed by atoms with van der Waals surface area (Å²) in [6.07, 6.45) is 0.298. The number of benzene rings is 1. The highest BCUT2D eigenvalue weighted by Gasteiger charge is 2.26. The van der Waals surface area contributed by atoms with Gasteiger partial charge in [0.15, 0.2) is 0 Å². The molecule has 0 bridgehead atoms. The number of carboxylic acids is 1. The number of carbonyl (C=O) groups is 2. The van der Waals surface area contributed by atoms with Gasteiger partial charge in [0.05, 0.1) is 5.56 Å². The lowest BCUT2D eigenvalue weighted by molar-refractivity contribution is -0.142. The summed E-state index contributed by atoms with van der Waals surface area (Å²) in [7, 11) is 1.41. The predicted molar refractivity (Wildman–Crippen MR) is 69.6 cm³/mol. The number of hydrogen-bond donors (Lipinski definition) is 2. The van der Waals surface area contributed by atoms with E-state index < -0.39 is 17.9 Å². The molecule has 2 N–H and O–H groups in total. The molecule has 1 amide bonds. The number of rotatable bonds is 4. The van der Waals surface area contributed by atoms with Crippen LogP contribution in [0, 0.1) is 0 Å². The van der Waals surface area contributed by atoms with Gasteiger partial charge in [0.2, 0.25) is 0 Å². The monoisotopic (exact) mass is 315 g/mol. The van der Waals surface area contributed by atoms with E-state index in [0.29, 0.717) is 10.9 Å².